The van der Waals surface area contributed by atoms with Gasteiger partial charge in [-0.3, -0.25) is 4.79 Å². The van der Waals surface area contributed by atoms with Gasteiger partial charge in [-0.2, -0.15) is 0 Å². The van der Waals surface area contributed by atoms with Crippen LogP contribution in [0.4, 0.5) is 0 Å². The lowest BCUT2D eigenvalue weighted by Crippen LogP contribution is -2.56. The molecular weight excluding hydrogens is 412 g/mol. The molecule has 4 rings (SSSR count). The predicted molar refractivity (Wildman–Crippen MR) is 132 cm³/mol. The Hall–Kier alpha value is -2.79. The largest absolute Gasteiger partial charge is 0.491 e. The molecule has 5 heteroatoms. The minimum atomic E-state index is -0.156. The Morgan fingerprint density at radius 3 is 2.58 bits per heavy atom. The van der Waals surface area contributed by atoms with Crippen molar-refractivity contribution in [3.63, 3.8) is 0 Å². The Bertz CT molecular complexity index is 962. The highest BCUT2D eigenvalue weighted by molar-refractivity contribution is 5.94. The summed E-state index contributed by atoms with van der Waals surface area (Å²) < 4.78 is 12.1. The number of amides is 1. The van der Waals surface area contributed by atoms with Gasteiger partial charge >= 0.3 is 0 Å². The lowest BCUT2D eigenvalue weighted by Gasteiger charge is -2.47. The van der Waals surface area contributed by atoms with Gasteiger partial charge in [-0.25, -0.2) is 0 Å². The van der Waals surface area contributed by atoms with Crippen molar-refractivity contribution in [2.24, 2.45) is 0 Å². The van der Waals surface area contributed by atoms with Crippen LogP contribution in [0.2, 0.25) is 0 Å². The number of allylic oxidation sites excluding steroid dienone is 1. The van der Waals surface area contributed by atoms with E-state index >= 15 is 0 Å². The number of nitrogens with zero attached hydrogens (tertiary/aromatic N) is 2. The summed E-state index contributed by atoms with van der Waals surface area (Å²) in [5.41, 5.74) is 2.89. The molecule has 0 aromatic heterocycles. The van der Waals surface area contributed by atoms with Crippen molar-refractivity contribution >= 4 is 5.91 Å². The Morgan fingerprint density at radius 2 is 1.88 bits per heavy atom. The molecule has 2 aromatic carbocycles. The SMILES string of the molecule is Cc1cc(C(=O)N2CCC3(CC2)CN(C=CCc2ccccc2)CCO3)ccc1OC(C)C. The standard InChI is InChI=1S/C28H36N2O3/c1-22(2)33-26-12-11-25(20-23(26)3)27(31)30-16-13-28(14-17-30)21-29(18-19-32-28)15-7-10-24-8-5-4-6-9-24/h4-9,11-12,15,20,22H,10,13-14,16-19,21H2,1-3H3. The molecule has 1 amide bonds. The third-order valence-corrected chi connectivity index (χ3v) is 6.54. The number of rotatable bonds is 6. The molecule has 2 heterocycles. The van der Waals surface area contributed by atoms with Gasteiger partial charge in [-0.15, -0.1) is 0 Å². The van der Waals surface area contributed by atoms with Gasteiger partial charge < -0.3 is 19.3 Å². The van der Waals surface area contributed by atoms with Crippen LogP contribution >= 0.6 is 0 Å². The van der Waals surface area contributed by atoms with Gasteiger partial charge in [0, 0.05) is 31.7 Å². The number of aryl methyl sites for hydroxylation is 1. The van der Waals surface area contributed by atoms with Crippen LogP contribution in [0.3, 0.4) is 0 Å². The van der Waals surface area contributed by atoms with Crippen molar-refractivity contribution in [3.8, 4) is 5.75 Å². The molecule has 2 aromatic rings. The van der Waals surface area contributed by atoms with Gasteiger partial charge in [0.15, 0.2) is 0 Å². The van der Waals surface area contributed by atoms with E-state index < -0.39 is 0 Å². The summed E-state index contributed by atoms with van der Waals surface area (Å²) in [5.74, 6) is 0.939. The zero-order valence-electron chi connectivity index (χ0n) is 20.1. The second-order valence-corrected chi connectivity index (χ2v) is 9.52. The molecule has 1 spiro atoms. The molecule has 0 atom stereocenters. The van der Waals surface area contributed by atoms with Crippen molar-refractivity contribution in [2.45, 2.75) is 51.7 Å². The van der Waals surface area contributed by atoms with Gasteiger partial charge in [0.1, 0.15) is 5.75 Å². The summed E-state index contributed by atoms with van der Waals surface area (Å²) in [6.07, 6.45) is 7.26. The molecule has 33 heavy (non-hydrogen) atoms. The number of benzene rings is 2. The van der Waals surface area contributed by atoms with Crippen LogP contribution in [0.1, 0.15) is 48.2 Å². The molecule has 0 N–H and O–H groups in total. The fourth-order valence-electron chi connectivity index (χ4n) is 4.72. The molecule has 2 fully saturated rings. The first-order valence-electron chi connectivity index (χ1n) is 12.1. The van der Waals surface area contributed by atoms with Crippen LogP contribution in [-0.2, 0) is 11.2 Å². The molecule has 0 bridgehead atoms. The van der Waals surface area contributed by atoms with E-state index in [9.17, 15) is 4.79 Å². The summed E-state index contributed by atoms with van der Waals surface area (Å²) in [6, 6.07) is 16.3. The van der Waals surface area contributed by atoms with Crippen molar-refractivity contribution in [2.75, 3.05) is 32.8 Å². The van der Waals surface area contributed by atoms with Crippen LogP contribution in [-0.4, -0.2) is 60.2 Å². The smallest absolute Gasteiger partial charge is 0.253 e. The highest BCUT2D eigenvalue weighted by atomic mass is 16.5. The first-order valence-corrected chi connectivity index (χ1v) is 12.1. The van der Waals surface area contributed by atoms with Crippen molar-refractivity contribution in [1.82, 2.24) is 9.80 Å². The van der Waals surface area contributed by atoms with E-state index in [2.05, 4.69) is 41.4 Å². The number of ether oxygens (including phenoxy) is 2. The molecule has 176 valence electrons. The molecule has 2 aliphatic rings. The average Bonchev–Trinajstić information content (AvgIpc) is 2.81. The number of hydrogen-bond donors (Lipinski definition) is 0. The van der Waals surface area contributed by atoms with Crippen LogP contribution < -0.4 is 4.74 Å². The minimum Gasteiger partial charge on any atom is -0.491 e. The number of morpholine rings is 1. The van der Waals surface area contributed by atoms with Crippen LogP contribution in [0.25, 0.3) is 0 Å². The van der Waals surface area contributed by atoms with Crippen molar-refractivity contribution in [3.05, 3.63) is 77.5 Å². The average molecular weight is 449 g/mol. The van der Waals surface area contributed by atoms with Gasteiger partial charge in [0.05, 0.1) is 18.3 Å². The zero-order chi connectivity index (χ0) is 23.3. The van der Waals surface area contributed by atoms with Crippen LogP contribution in [0.5, 0.6) is 5.75 Å². The minimum absolute atomic E-state index is 0.0967. The molecule has 5 nitrogen and oxygen atoms in total. The molecule has 0 aliphatic carbocycles. The third-order valence-electron chi connectivity index (χ3n) is 6.54. The van der Waals surface area contributed by atoms with E-state index in [1.54, 1.807) is 0 Å². The Labute approximate surface area is 198 Å². The third kappa shape index (κ3) is 5.97. The maximum absolute atomic E-state index is 13.1. The molecule has 2 saturated heterocycles. The van der Waals surface area contributed by atoms with Crippen LogP contribution in [0.15, 0.2) is 60.8 Å². The first-order chi connectivity index (χ1) is 15.9. The summed E-state index contributed by atoms with van der Waals surface area (Å²) in [5, 5.41) is 0. The van der Waals surface area contributed by atoms with Gasteiger partial charge in [-0.1, -0.05) is 36.4 Å². The summed E-state index contributed by atoms with van der Waals surface area (Å²) >= 11 is 0. The van der Waals surface area contributed by atoms with E-state index in [-0.39, 0.29) is 17.6 Å². The van der Waals surface area contributed by atoms with Crippen LogP contribution in [0, 0.1) is 6.92 Å². The van der Waals surface area contributed by atoms with E-state index in [1.807, 2.05) is 49.9 Å². The quantitative estimate of drug-likeness (QED) is 0.634. The number of carbonyl (C=O) groups is 1. The highest BCUT2D eigenvalue weighted by Gasteiger charge is 2.40. The zero-order valence-corrected chi connectivity index (χ0v) is 20.1. The topological polar surface area (TPSA) is 42.0 Å². The van der Waals surface area contributed by atoms with E-state index in [1.165, 1.54) is 5.56 Å². The van der Waals surface area contributed by atoms with E-state index in [0.29, 0.717) is 0 Å². The normalized spacial score (nSPS) is 18.3. The van der Waals surface area contributed by atoms with E-state index in [0.717, 1.165) is 68.9 Å². The molecule has 0 unspecified atom stereocenters. The number of carbonyl (C=O) groups excluding carboxylic acids is 1. The van der Waals surface area contributed by atoms with Gasteiger partial charge in [0.25, 0.3) is 5.91 Å². The molecule has 0 radical (unpaired) electrons. The lowest BCUT2D eigenvalue weighted by atomic mass is 9.89. The lowest BCUT2D eigenvalue weighted by molar-refractivity contribution is -0.123. The fourth-order valence-corrected chi connectivity index (χ4v) is 4.72. The highest BCUT2D eigenvalue weighted by Crippen LogP contribution is 2.31. The number of hydrogen-bond acceptors (Lipinski definition) is 4. The summed E-state index contributed by atoms with van der Waals surface area (Å²) in [4.78, 5) is 17.5. The maximum Gasteiger partial charge on any atom is 0.253 e. The first kappa shape index (κ1) is 23.4. The maximum atomic E-state index is 13.1. The molecule has 0 saturated carbocycles. The van der Waals surface area contributed by atoms with Crippen molar-refractivity contribution in [1.29, 1.82) is 0 Å². The Kier molecular flexibility index (Phi) is 7.39. The second kappa shape index (κ2) is 10.4. The Balaban J connectivity index is 1.32. The monoisotopic (exact) mass is 448 g/mol. The van der Waals surface area contributed by atoms with Gasteiger partial charge in [0.2, 0.25) is 0 Å². The number of piperidine rings is 1. The van der Waals surface area contributed by atoms with E-state index in [4.69, 9.17) is 9.47 Å². The summed E-state index contributed by atoms with van der Waals surface area (Å²) in [6.45, 7) is 10.0. The molecular formula is C28H36N2O3. The molecule has 2 aliphatic heterocycles. The number of likely N-dealkylation sites (tertiary alicyclic amines) is 1. The second-order valence-electron chi connectivity index (χ2n) is 9.52. The fraction of sp³-hybridized carbons (Fsp3) is 0.464. The summed E-state index contributed by atoms with van der Waals surface area (Å²) in [7, 11) is 0. The van der Waals surface area contributed by atoms with Gasteiger partial charge in [-0.05, 0) is 75.6 Å². The predicted octanol–water partition coefficient (Wildman–Crippen LogP) is 4.85. The Morgan fingerprint density at radius 1 is 1.12 bits per heavy atom. The van der Waals surface area contributed by atoms with Crippen molar-refractivity contribution < 1.29 is 14.3 Å².